The molecule has 1 aliphatic heterocycles. The summed E-state index contributed by atoms with van der Waals surface area (Å²) in [6.45, 7) is 4.04. The van der Waals surface area contributed by atoms with Gasteiger partial charge in [-0.3, -0.25) is 14.7 Å². The van der Waals surface area contributed by atoms with Gasteiger partial charge in [0.15, 0.2) is 5.69 Å². The maximum Gasteiger partial charge on any atom is 0.359 e. The van der Waals surface area contributed by atoms with Crippen molar-refractivity contribution in [3.8, 4) is 5.75 Å². The molecule has 0 saturated heterocycles. The topological polar surface area (TPSA) is 102 Å². The predicted octanol–water partition coefficient (Wildman–Crippen LogP) is 1.71. The Morgan fingerprint density at radius 1 is 1.31 bits per heavy atom. The number of benzene rings is 1. The van der Waals surface area contributed by atoms with E-state index in [2.05, 4.69) is 10.2 Å². The van der Waals surface area contributed by atoms with Gasteiger partial charge in [0.1, 0.15) is 5.75 Å². The first-order valence-corrected chi connectivity index (χ1v) is 8.30. The van der Waals surface area contributed by atoms with Crippen LogP contribution >= 0.6 is 0 Å². The first-order valence-electron chi connectivity index (χ1n) is 8.30. The van der Waals surface area contributed by atoms with Crippen molar-refractivity contribution >= 4 is 17.8 Å². The second-order valence-electron chi connectivity index (χ2n) is 5.85. The van der Waals surface area contributed by atoms with Crippen LogP contribution in [0.25, 0.3) is 0 Å². The molecule has 0 bridgehead atoms. The number of hydrogen-bond donors (Lipinski definition) is 1. The Morgan fingerprint density at radius 3 is 2.85 bits per heavy atom. The van der Waals surface area contributed by atoms with Crippen LogP contribution in [0, 0.1) is 0 Å². The van der Waals surface area contributed by atoms with Gasteiger partial charge in [-0.2, -0.15) is 5.10 Å². The largest absolute Gasteiger partial charge is 0.461 e. The maximum absolute atomic E-state index is 12.8. The lowest BCUT2D eigenvalue weighted by atomic mass is 10.0. The van der Waals surface area contributed by atoms with Gasteiger partial charge in [0.25, 0.3) is 5.91 Å². The molecule has 0 unspecified atom stereocenters. The Morgan fingerprint density at radius 2 is 2.12 bits per heavy atom. The van der Waals surface area contributed by atoms with Crippen molar-refractivity contribution in [2.45, 2.75) is 26.8 Å². The van der Waals surface area contributed by atoms with Crippen molar-refractivity contribution in [1.29, 1.82) is 0 Å². The average Bonchev–Trinajstić information content (AvgIpc) is 3.04. The number of nitrogens with zero attached hydrogens (tertiary/aromatic N) is 2. The number of hydrogen-bond acceptors (Lipinski definition) is 6. The van der Waals surface area contributed by atoms with Crippen LogP contribution in [0.3, 0.4) is 0 Å². The molecule has 1 aliphatic rings. The van der Waals surface area contributed by atoms with Crippen molar-refractivity contribution in [2.75, 3.05) is 13.2 Å². The first-order chi connectivity index (χ1) is 12.5. The Hall–Kier alpha value is -3.16. The highest BCUT2D eigenvalue weighted by atomic mass is 16.5. The SMILES string of the molecule is CCOC(=O)c1n[nH]c2c1CN(C(=O)c1cccc(OC(C)=O)c1)CC2. The number of aromatic nitrogens is 2. The van der Waals surface area contributed by atoms with E-state index in [4.69, 9.17) is 9.47 Å². The predicted molar refractivity (Wildman–Crippen MR) is 90.7 cm³/mol. The van der Waals surface area contributed by atoms with E-state index in [0.717, 1.165) is 5.69 Å². The second kappa shape index (κ2) is 7.38. The molecular formula is C18H19N3O5. The molecule has 8 nitrogen and oxygen atoms in total. The molecule has 2 heterocycles. The highest BCUT2D eigenvalue weighted by Gasteiger charge is 2.29. The van der Waals surface area contributed by atoms with Crippen molar-refractivity contribution in [2.24, 2.45) is 0 Å². The van der Waals surface area contributed by atoms with Crippen molar-refractivity contribution in [1.82, 2.24) is 15.1 Å². The molecule has 0 fully saturated rings. The van der Waals surface area contributed by atoms with Crippen molar-refractivity contribution in [3.05, 3.63) is 46.8 Å². The van der Waals surface area contributed by atoms with Gasteiger partial charge in [0.2, 0.25) is 0 Å². The molecule has 3 rings (SSSR count). The van der Waals surface area contributed by atoms with Crippen LogP contribution in [0.4, 0.5) is 0 Å². The number of carbonyl (C=O) groups is 3. The third-order valence-electron chi connectivity index (χ3n) is 4.03. The summed E-state index contributed by atoms with van der Waals surface area (Å²) in [5.74, 6) is -0.844. The summed E-state index contributed by atoms with van der Waals surface area (Å²) in [5, 5.41) is 6.88. The fourth-order valence-electron chi connectivity index (χ4n) is 2.88. The monoisotopic (exact) mass is 357 g/mol. The number of fused-ring (bicyclic) bond motifs is 1. The third-order valence-corrected chi connectivity index (χ3v) is 4.03. The smallest absolute Gasteiger partial charge is 0.359 e. The minimum atomic E-state index is -0.504. The average molecular weight is 357 g/mol. The molecule has 0 aliphatic carbocycles. The summed E-state index contributed by atoms with van der Waals surface area (Å²) in [6, 6.07) is 6.46. The van der Waals surface area contributed by atoms with E-state index in [1.165, 1.54) is 13.0 Å². The molecule has 26 heavy (non-hydrogen) atoms. The fraction of sp³-hybridized carbons (Fsp3) is 0.333. The molecule has 1 amide bonds. The fourth-order valence-corrected chi connectivity index (χ4v) is 2.88. The lowest BCUT2D eigenvalue weighted by molar-refractivity contribution is -0.131. The molecule has 0 radical (unpaired) electrons. The minimum Gasteiger partial charge on any atom is -0.461 e. The van der Waals surface area contributed by atoms with E-state index in [-0.39, 0.29) is 24.8 Å². The van der Waals surface area contributed by atoms with Crippen LogP contribution in [0.5, 0.6) is 5.75 Å². The summed E-state index contributed by atoms with van der Waals surface area (Å²) in [4.78, 5) is 37.5. The summed E-state index contributed by atoms with van der Waals surface area (Å²) in [7, 11) is 0. The number of rotatable bonds is 4. The molecule has 1 N–H and O–H groups in total. The molecule has 1 aromatic carbocycles. The Labute approximate surface area is 150 Å². The van der Waals surface area contributed by atoms with E-state index in [0.29, 0.717) is 29.8 Å². The minimum absolute atomic E-state index is 0.208. The Bertz CT molecular complexity index is 858. The zero-order valence-electron chi connectivity index (χ0n) is 14.6. The number of carbonyl (C=O) groups excluding carboxylic acids is 3. The number of nitrogens with one attached hydrogen (secondary N) is 1. The highest BCUT2D eigenvalue weighted by molar-refractivity contribution is 5.95. The van der Waals surface area contributed by atoms with Crippen LogP contribution in [0.2, 0.25) is 0 Å². The van der Waals surface area contributed by atoms with Crippen LogP contribution in [-0.2, 0) is 22.5 Å². The van der Waals surface area contributed by atoms with Gasteiger partial charge < -0.3 is 14.4 Å². The number of H-pyrrole nitrogens is 1. The number of amides is 1. The van der Waals surface area contributed by atoms with Gasteiger partial charge in [0, 0.05) is 36.7 Å². The van der Waals surface area contributed by atoms with E-state index >= 15 is 0 Å². The van der Waals surface area contributed by atoms with Crippen molar-refractivity contribution in [3.63, 3.8) is 0 Å². The Balaban J connectivity index is 1.80. The lowest BCUT2D eigenvalue weighted by Gasteiger charge is -2.27. The highest BCUT2D eigenvalue weighted by Crippen LogP contribution is 2.23. The summed E-state index contributed by atoms with van der Waals surface area (Å²) in [6.07, 6.45) is 0.567. The summed E-state index contributed by atoms with van der Waals surface area (Å²) >= 11 is 0. The molecule has 2 aromatic rings. The molecule has 0 atom stereocenters. The van der Waals surface area contributed by atoms with Crippen LogP contribution in [-0.4, -0.2) is 46.1 Å². The quantitative estimate of drug-likeness (QED) is 0.660. The van der Waals surface area contributed by atoms with Crippen LogP contribution < -0.4 is 4.74 Å². The zero-order valence-corrected chi connectivity index (χ0v) is 14.6. The Kier molecular flexibility index (Phi) is 5.01. The molecule has 136 valence electrons. The summed E-state index contributed by atoms with van der Waals surface area (Å²) in [5.41, 5.74) is 2.14. The van der Waals surface area contributed by atoms with E-state index in [9.17, 15) is 14.4 Å². The van der Waals surface area contributed by atoms with Crippen molar-refractivity contribution < 1.29 is 23.9 Å². The van der Waals surface area contributed by atoms with Crippen LogP contribution in [0.15, 0.2) is 24.3 Å². The lowest BCUT2D eigenvalue weighted by Crippen LogP contribution is -2.36. The van der Waals surface area contributed by atoms with E-state index in [1.54, 1.807) is 30.0 Å². The van der Waals surface area contributed by atoms with Gasteiger partial charge >= 0.3 is 11.9 Å². The normalized spacial score (nSPS) is 13.1. The van der Waals surface area contributed by atoms with Gasteiger partial charge in [-0.15, -0.1) is 0 Å². The number of ether oxygens (including phenoxy) is 2. The van der Waals surface area contributed by atoms with Gasteiger partial charge in [-0.1, -0.05) is 6.07 Å². The summed E-state index contributed by atoms with van der Waals surface area (Å²) < 4.78 is 10.0. The molecule has 1 aromatic heterocycles. The van der Waals surface area contributed by atoms with Crippen LogP contribution in [0.1, 0.15) is 46.0 Å². The third kappa shape index (κ3) is 3.58. The van der Waals surface area contributed by atoms with Gasteiger partial charge in [0.05, 0.1) is 13.2 Å². The van der Waals surface area contributed by atoms with Gasteiger partial charge in [-0.05, 0) is 25.1 Å². The molecule has 8 heteroatoms. The zero-order chi connectivity index (χ0) is 18.7. The number of esters is 2. The first kappa shape index (κ1) is 17.7. The standard InChI is InChI=1S/C18H19N3O5/c1-3-25-18(24)16-14-10-21(8-7-15(14)19-20-16)17(23)12-5-4-6-13(9-12)26-11(2)22/h4-6,9H,3,7-8,10H2,1-2H3,(H,19,20). The number of aromatic amines is 1. The van der Waals surface area contributed by atoms with Gasteiger partial charge in [-0.25, -0.2) is 4.79 Å². The van der Waals surface area contributed by atoms with E-state index in [1.807, 2.05) is 0 Å². The molecule has 0 saturated carbocycles. The molecular weight excluding hydrogens is 338 g/mol. The maximum atomic E-state index is 12.8. The second-order valence-corrected chi connectivity index (χ2v) is 5.85. The molecule has 0 spiro atoms. The van der Waals surface area contributed by atoms with E-state index < -0.39 is 11.9 Å².